The number of fused-ring (bicyclic) bond motifs is 6. The fourth-order valence-electron chi connectivity index (χ4n) is 7.37. The average Bonchev–Trinajstić information content (AvgIpc) is 3.87. The van der Waals surface area contributed by atoms with Crippen LogP contribution < -0.4 is 4.40 Å². The molecule has 9 heteroatoms. The SMILES string of the molecule is [2H]C([2H])([2H])c1cc(-c2[c-]cccc2F)nc[c]1[Ge]([CH3])([CH3])[CH3].[2H]C([2H])([2H])c1cc2c(nc1C([2H])([2H])[2H])oc1c(-c3nc4ccc5ncccc5c4n3-c3ccccc3-c3ccccc3)cccc12.[CH3-].[Ir]. The zero-order valence-electron chi connectivity index (χ0n) is 42.1. The van der Waals surface area contributed by atoms with Gasteiger partial charge < -0.3 is 11.8 Å². The number of halogens is 1. The van der Waals surface area contributed by atoms with E-state index in [1.807, 2.05) is 78.9 Å². The fourth-order valence-corrected chi connectivity index (χ4v) is 10.2. The first-order valence-electron chi connectivity index (χ1n) is 23.2. The van der Waals surface area contributed by atoms with Gasteiger partial charge in [0.25, 0.3) is 0 Å². The molecule has 0 aliphatic rings. The summed E-state index contributed by atoms with van der Waals surface area (Å²) in [5, 5.41) is 1.94. The number of hydrogen-bond acceptors (Lipinski definition) is 5. The molecule has 0 bridgehead atoms. The van der Waals surface area contributed by atoms with Crippen molar-refractivity contribution in [1.29, 1.82) is 0 Å². The Kier molecular flexibility index (Phi) is 9.11. The molecule has 0 saturated heterocycles. The van der Waals surface area contributed by atoms with Crippen molar-refractivity contribution in [2.45, 2.75) is 37.8 Å². The average molecular weight is 1040 g/mol. The van der Waals surface area contributed by atoms with Gasteiger partial charge in [-0.3, -0.25) is 9.55 Å². The summed E-state index contributed by atoms with van der Waals surface area (Å²) in [4.78, 5) is 18.3. The summed E-state index contributed by atoms with van der Waals surface area (Å²) in [6.07, 6.45) is 3.37. The van der Waals surface area contributed by atoms with Gasteiger partial charge in [0.1, 0.15) is 11.4 Å². The maximum atomic E-state index is 13.8. The molecule has 0 N–H and O–H groups in total. The molecule has 5 aromatic carbocycles. The van der Waals surface area contributed by atoms with Crippen LogP contribution in [0.2, 0.25) is 17.3 Å². The number of rotatable bonds is 5. The van der Waals surface area contributed by atoms with Crippen molar-refractivity contribution in [2.24, 2.45) is 0 Å². The smallest absolute Gasteiger partial charge is 0.227 e. The summed E-state index contributed by atoms with van der Waals surface area (Å²) in [5.74, 6) is 6.47. The minimum absolute atomic E-state index is 0. The van der Waals surface area contributed by atoms with Crippen LogP contribution in [0.25, 0.3) is 83.5 Å². The van der Waals surface area contributed by atoms with Crippen LogP contribution in [0.5, 0.6) is 0 Å². The Bertz CT molecular complexity index is 3510. The first-order chi connectivity index (χ1) is 31.7. The van der Waals surface area contributed by atoms with E-state index in [0.717, 1.165) is 43.1 Å². The Morgan fingerprint density at radius 1 is 0.717 bits per heavy atom. The molecule has 60 heavy (non-hydrogen) atoms. The van der Waals surface area contributed by atoms with Crippen LogP contribution in [0, 0.1) is 39.9 Å². The van der Waals surface area contributed by atoms with Crippen molar-refractivity contribution < 1.29 is 41.2 Å². The number of hydrogen-bond donors (Lipinski definition) is 0. The number of aromatic nitrogens is 5. The number of pyridine rings is 3. The van der Waals surface area contributed by atoms with Crippen molar-refractivity contribution in [3.05, 3.63) is 176 Å². The minimum atomic E-state index is -2.75. The Morgan fingerprint density at radius 3 is 2.27 bits per heavy atom. The number of aryl methyl sites for hydroxylation is 3. The molecule has 6 nitrogen and oxygen atoms in total. The maximum Gasteiger partial charge on any atom is 0.227 e. The summed E-state index contributed by atoms with van der Waals surface area (Å²) in [6.45, 7) is -7.66. The molecule has 0 fully saturated rings. The summed E-state index contributed by atoms with van der Waals surface area (Å²) in [5.41, 5.74) is 6.44. The second-order valence-electron chi connectivity index (χ2n) is 14.9. The van der Waals surface area contributed by atoms with Gasteiger partial charge in [-0.05, 0) is 67.3 Å². The summed E-state index contributed by atoms with van der Waals surface area (Å²) in [6, 6.07) is 41.7. The molecule has 0 unspecified atom stereocenters. The van der Waals surface area contributed by atoms with Crippen LogP contribution in [-0.2, 0) is 20.1 Å². The van der Waals surface area contributed by atoms with Gasteiger partial charge in [-0.25, -0.2) is 9.97 Å². The molecule has 0 aliphatic heterocycles. The monoisotopic (exact) mass is 1040 g/mol. The predicted molar refractivity (Wildman–Crippen MR) is 244 cm³/mol. The van der Waals surface area contributed by atoms with E-state index in [9.17, 15) is 4.39 Å². The van der Waals surface area contributed by atoms with Crippen LogP contribution in [0.3, 0.4) is 0 Å². The quantitative estimate of drug-likeness (QED) is 0.127. The zero-order valence-corrected chi connectivity index (χ0v) is 37.6. The largest absolute Gasteiger partial charge is 0.437 e. The first-order valence-corrected chi connectivity index (χ1v) is 26.0. The molecule has 0 aliphatic carbocycles. The molecule has 10 aromatic rings. The molecule has 10 rings (SSSR count). The molecular formula is C51H44FGeIrN5O-2. The summed E-state index contributed by atoms with van der Waals surface area (Å²) < 4.78 is 94.4. The maximum absolute atomic E-state index is 13.8. The molecule has 0 spiro atoms. The van der Waals surface area contributed by atoms with Crippen LogP contribution in [0.4, 0.5) is 4.39 Å². The Labute approximate surface area is 378 Å². The van der Waals surface area contributed by atoms with Gasteiger partial charge in [0.2, 0.25) is 5.71 Å². The third kappa shape index (κ3) is 7.71. The Morgan fingerprint density at radius 2 is 1.48 bits per heavy atom. The zero-order chi connectivity index (χ0) is 47.6. The van der Waals surface area contributed by atoms with Gasteiger partial charge in [0.05, 0.1) is 27.8 Å². The van der Waals surface area contributed by atoms with Gasteiger partial charge in [0, 0.05) is 61.9 Å². The second-order valence-corrected chi connectivity index (χ2v) is 25.5. The van der Waals surface area contributed by atoms with Gasteiger partial charge in [0.15, 0.2) is 0 Å². The molecule has 301 valence electrons. The van der Waals surface area contributed by atoms with Gasteiger partial charge in [-0.15, -0.1) is 0 Å². The third-order valence-corrected chi connectivity index (χ3v) is 14.4. The summed E-state index contributed by atoms with van der Waals surface area (Å²) in [7, 11) is 0. The summed E-state index contributed by atoms with van der Waals surface area (Å²) >= 11 is -2.38. The van der Waals surface area contributed by atoms with Gasteiger partial charge in [-0.2, -0.15) is 0 Å². The van der Waals surface area contributed by atoms with E-state index in [2.05, 4.69) is 61.1 Å². The topological polar surface area (TPSA) is 69.6 Å². The predicted octanol–water partition coefficient (Wildman–Crippen LogP) is 12.8. The van der Waals surface area contributed by atoms with Crippen molar-refractivity contribution in [3.63, 3.8) is 0 Å². The number of benzene rings is 5. The molecule has 5 aromatic heterocycles. The van der Waals surface area contributed by atoms with E-state index in [1.54, 1.807) is 24.5 Å². The van der Waals surface area contributed by atoms with E-state index < -0.39 is 45.3 Å². The number of para-hydroxylation sites is 2. The first kappa shape index (κ1) is 32.0. The van der Waals surface area contributed by atoms with Crippen LogP contribution in [-0.4, -0.2) is 37.8 Å². The van der Waals surface area contributed by atoms with Crippen LogP contribution in [0.1, 0.15) is 29.2 Å². The molecule has 0 atom stereocenters. The van der Waals surface area contributed by atoms with E-state index >= 15 is 0 Å². The third-order valence-electron chi connectivity index (χ3n) is 10.1. The second kappa shape index (κ2) is 17.1. The molecule has 5 heterocycles. The number of furan rings is 1. The normalized spacial score (nSPS) is 14.2. The van der Waals surface area contributed by atoms with Crippen LogP contribution >= 0.6 is 0 Å². The van der Waals surface area contributed by atoms with Crippen molar-refractivity contribution in [1.82, 2.24) is 24.5 Å². The van der Waals surface area contributed by atoms with E-state index in [4.69, 9.17) is 21.7 Å². The van der Waals surface area contributed by atoms with E-state index in [0.29, 0.717) is 33.4 Å². The fraction of sp³-hybridized carbons (Fsp3) is 0.118. The number of nitrogens with zero attached hydrogens (tertiary/aromatic N) is 5. The minimum Gasteiger partial charge on any atom is -0.437 e. The van der Waals surface area contributed by atoms with Crippen molar-refractivity contribution >= 4 is 61.7 Å². The Balaban J connectivity index is 0.000000259. The molecule has 0 amide bonds. The molecule has 1 radical (unpaired) electrons. The van der Waals surface area contributed by atoms with Gasteiger partial charge >= 0.3 is 114 Å². The van der Waals surface area contributed by atoms with E-state index in [-0.39, 0.29) is 49.9 Å². The Hall–Kier alpha value is -5.80. The number of imidazole rings is 1. The van der Waals surface area contributed by atoms with Crippen LogP contribution in [0.15, 0.2) is 144 Å². The van der Waals surface area contributed by atoms with Crippen molar-refractivity contribution in [2.75, 3.05) is 0 Å². The standard InChI is InChI=1S/C35H24N4O.C15H17FGeN.CH3.Ir/c1-21-20-28-25-13-8-14-27(33(25)40-35(28)37-22(21)2)34-38-30-18-17-29-26(15-9-19-36-29)32(30)39(34)31-16-7-6-12-24(31)23-10-4-3-5-11-23;1-11-9-15(12-7-5-6-8-13(12)16)18-10-14(11)17(2,3)4;;/h3-20H,1-2H3;5-6,8-10H,1-4H3;1H3;/q;2*-1;/i1D3,2D3;1D3;;. The van der Waals surface area contributed by atoms with E-state index in [1.165, 1.54) is 18.2 Å². The molecule has 0 saturated carbocycles. The van der Waals surface area contributed by atoms with Gasteiger partial charge in [-0.1, -0.05) is 60.7 Å². The van der Waals surface area contributed by atoms with Crippen molar-refractivity contribution in [3.8, 4) is 39.5 Å². The molecular weight excluding hydrogens is 982 g/mol.